The lowest BCUT2D eigenvalue weighted by molar-refractivity contribution is 0.0952. The van der Waals surface area contributed by atoms with Gasteiger partial charge in [0.05, 0.1) is 22.9 Å². The average Bonchev–Trinajstić information content (AvgIpc) is 3.17. The Morgan fingerprint density at radius 1 is 1.45 bits per heavy atom. The Bertz CT molecular complexity index is 793. The van der Waals surface area contributed by atoms with Gasteiger partial charge in [-0.05, 0) is 31.5 Å². The first kappa shape index (κ1) is 14.3. The van der Waals surface area contributed by atoms with Crippen LogP contribution in [0.1, 0.15) is 22.5 Å². The number of amides is 1. The summed E-state index contributed by atoms with van der Waals surface area (Å²) in [5.41, 5.74) is 1.81. The first-order valence-electron chi connectivity index (χ1n) is 6.90. The van der Waals surface area contributed by atoms with Gasteiger partial charge in [0, 0.05) is 13.2 Å². The van der Waals surface area contributed by atoms with Crippen LogP contribution in [0.25, 0.3) is 22.6 Å². The molecule has 0 radical (unpaired) electrons. The minimum atomic E-state index is -0.264. The third kappa shape index (κ3) is 2.58. The zero-order valence-corrected chi connectivity index (χ0v) is 12.0. The van der Waals surface area contributed by atoms with E-state index >= 15 is 0 Å². The Labute approximate surface area is 125 Å². The first-order chi connectivity index (χ1) is 10.7. The van der Waals surface area contributed by atoms with Crippen LogP contribution in [-0.4, -0.2) is 34.3 Å². The summed E-state index contributed by atoms with van der Waals surface area (Å²) in [7, 11) is 0. The summed E-state index contributed by atoms with van der Waals surface area (Å²) in [4.78, 5) is 16.7. The Morgan fingerprint density at radius 2 is 2.32 bits per heavy atom. The molecule has 7 nitrogen and oxygen atoms in total. The van der Waals surface area contributed by atoms with Crippen LogP contribution < -0.4 is 5.32 Å². The largest absolute Gasteiger partial charge is 0.463 e. The summed E-state index contributed by atoms with van der Waals surface area (Å²) >= 11 is 0. The molecule has 0 atom stereocenters. The summed E-state index contributed by atoms with van der Waals surface area (Å²) in [6.07, 6.45) is 2.03. The van der Waals surface area contributed by atoms with E-state index < -0.39 is 0 Å². The van der Waals surface area contributed by atoms with Gasteiger partial charge in [0.2, 0.25) is 0 Å². The van der Waals surface area contributed by atoms with Crippen LogP contribution in [0.15, 0.2) is 33.4 Å². The number of nitrogens with one attached hydrogen (secondary N) is 1. The van der Waals surface area contributed by atoms with E-state index in [1.54, 1.807) is 25.1 Å². The number of carbonyl (C=O) groups excluding carboxylic acids is 1. The maximum atomic E-state index is 12.4. The molecule has 2 N–H and O–H groups in total. The van der Waals surface area contributed by atoms with E-state index in [0.717, 1.165) is 0 Å². The number of rotatable bonds is 5. The predicted octanol–water partition coefficient (Wildman–Crippen LogP) is 1.90. The highest BCUT2D eigenvalue weighted by molar-refractivity contribution is 6.06. The van der Waals surface area contributed by atoms with Crippen LogP contribution in [0.4, 0.5) is 0 Å². The Morgan fingerprint density at radius 3 is 3.05 bits per heavy atom. The summed E-state index contributed by atoms with van der Waals surface area (Å²) in [5.74, 6) is 0.278. The highest BCUT2D eigenvalue weighted by Gasteiger charge is 2.19. The molecule has 3 aromatic rings. The van der Waals surface area contributed by atoms with Gasteiger partial charge in [0.15, 0.2) is 5.76 Å². The molecule has 1 amide bonds. The highest BCUT2D eigenvalue weighted by atomic mass is 16.5. The minimum Gasteiger partial charge on any atom is -0.463 e. The van der Waals surface area contributed by atoms with Gasteiger partial charge in [-0.2, -0.15) is 0 Å². The van der Waals surface area contributed by atoms with Gasteiger partial charge in [0.25, 0.3) is 11.6 Å². The van der Waals surface area contributed by atoms with E-state index in [0.29, 0.717) is 46.8 Å². The third-order valence-electron chi connectivity index (χ3n) is 3.26. The van der Waals surface area contributed by atoms with E-state index in [9.17, 15) is 4.79 Å². The van der Waals surface area contributed by atoms with Crippen molar-refractivity contribution in [2.24, 2.45) is 0 Å². The average molecular weight is 301 g/mol. The number of furan rings is 1. The Balaban J connectivity index is 2.06. The van der Waals surface area contributed by atoms with Crippen LogP contribution >= 0.6 is 0 Å². The van der Waals surface area contributed by atoms with Crippen molar-refractivity contribution in [2.45, 2.75) is 13.3 Å². The number of aromatic nitrogens is 2. The predicted molar refractivity (Wildman–Crippen MR) is 78.3 cm³/mol. The van der Waals surface area contributed by atoms with Gasteiger partial charge >= 0.3 is 0 Å². The van der Waals surface area contributed by atoms with Crippen LogP contribution in [-0.2, 0) is 0 Å². The summed E-state index contributed by atoms with van der Waals surface area (Å²) < 4.78 is 10.5. The second kappa shape index (κ2) is 5.98. The number of aliphatic hydroxyl groups is 1. The maximum Gasteiger partial charge on any atom is 0.259 e. The van der Waals surface area contributed by atoms with Crippen molar-refractivity contribution in [3.63, 3.8) is 0 Å². The van der Waals surface area contributed by atoms with Gasteiger partial charge in [-0.3, -0.25) is 4.79 Å². The van der Waals surface area contributed by atoms with Gasteiger partial charge < -0.3 is 19.4 Å². The standard InChI is InChI=1S/C15H15N3O4/c1-9-13-10(14(20)16-5-3-6-19)8-11(12-4-2-7-21-12)17-15(13)22-18-9/h2,4,7-8,19H,3,5-6H2,1H3,(H,16,20). The summed E-state index contributed by atoms with van der Waals surface area (Å²) in [6, 6.07) is 5.15. The van der Waals surface area contributed by atoms with E-state index in [1.807, 2.05) is 0 Å². The second-order valence-electron chi connectivity index (χ2n) is 4.81. The molecule has 3 aromatic heterocycles. The minimum absolute atomic E-state index is 0.0238. The van der Waals surface area contributed by atoms with Crippen molar-refractivity contribution in [1.29, 1.82) is 0 Å². The molecule has 0 fully saturated rings. The Kier molecular flexibility index (Phi) is 3.88. The van der Waals surface area contributed by atoms with E-state index in [4.69, 9.17) is 14.0 Å². The van der Waals surface area contributed by atoms with Crippen molar-refractivity contribution in [1.82, 2.24) is 15.5 Å². The van der Waals surface area contributed by atoms with E-state index in [2.05, 4.69) is 15.5 Å². The second-order valence-corrected chi connectivity index (χ2v) is 4.81. The fraction of sp³-hybridized carbons (Fsp3) is 0.267. The summed E-state index contributed by atoms with van der Waals surface area (Å²) in [5, 5.41) is 16.0. The molecule has 114 valence electrons. The molecular formula is C15H15N3O4. The third-order valence-corrected chi connectivity index (χ3v) is 3.26. The number of pyridine rings is 1. The number of hydrogen-bond donors (Lipinski definition) is 2. The van der Waals surface area contributed by atoms with Gasteiger partial charge in [-0.15, -0.1) is 0 Å². The van der Waals surface area contributed by atoms with Crippen LogP contribution in [0.3, 0.4) is 0 Å². The lowest BCUT2D eigenvalue weighted by atomic mass is 10.1. The van der Waals surface area contributed by atoms with Crippen molar-refractivity contribution >= 4 is 17.0 Å². The first-order valence-corrected chi connectivity index (χ1v) is 6.90. The summed E-state index contributed by atoms with van der Waals surface area (Å²) in [6.45, 7) is 2.17. The van der Waals surface area contributed by atoms with Crippen LogP contribution in [0, 0.1) is 6.92 Å². The van der Waals surface area contributed by atoms with Gasteiger partial charge in [0.1, 0.15) is 5.69 Å². The number of nitrogens with zero attached hydrogens (tertiary/aromatic N) is 2. The molecule has 0 aliphatic carbocycles. The number of carbonyl (C=O) groups is 1. The topological polar surface area (TPSA) is 101 Å². The zero-order chi connectivity index (χ0) is 15.5. The van der Waals surface area contributed by atoms with E-state index in [1.165, 1.54) is 6.26 Å². The van der Waals surface area contributed by atoms with Crippen LogP contribution in [0.5, 0.6) is 0 Å². The molecule has 0 spiro atoms. The molecule has 0 aliphatic rings. The van der Waals surface area contributed by atoms with E-state index in [-0.39, 0.29) is 12.5 Å². The van der Waals surface area contributed by atoms with Crippen molar-refractivity contribution in [3.05, 3.63) is 35.7 Å². The van der Waals surface area contributed by atoms with Gasteiger partial charge in [-0.1, -0.05) is 5.16 Å². The number of aryl methyl sites for hydroxylation is 1. The lowest BCUT2D eigenvalue weighted by Gasteiger charge is -2.06. The molecule has 0 bridgehead atoms. The van der Waals surface area contributed by atoms with Crippen molar-refractivity contribution in [3.8, 4) is 11.5 Å². The molecule has 0 saturated carbocycles. The molecule has 0 aliphatic heterocycles. The molecule has 7 heteroatoms. The zero-order valence-electron chi connectivity index (χ0n) is 12.0. The van der Waals surface area contributed by atoms with Crippen molar-refractivity contribution in [2.75, 3.05) is 13.2 Å². The fourth-order valence-electron chi connectivity index (χ4n) is 2.20. The van der Waals surface area contributed by atoms with Crippen molar-refractivity contribution < 1.29 is 18.8 Å². The number of fused-ring (bicyclic) bond motifs is 1. The van der Waals surface area contributed by atoms with Crippen LogP contribution in [0.2, 0.25) is 0 Å². The smallest absolute Gasteiger partial charge is 0.259 e. The monoisotopic (exact) mass is 301 g/mol. The Hall–Kier alpha value is -2.67. The molecule has 0 unspecified atom stereocenters. The highest BCUT2D eigenvalue weighted by Crippen LogP contribution is 2.27. The van der Waals surface area contributed by atoms with Gasteiger partial charge in [-0.25, -0.2) is 4.98 Å². The molecule has 0 aromatic carbocycles. The molecular weight excluding hydrogens is 286 g/mol. The normalized spacial score (nSPS) is 11.0. The number of aliphatic hydroxyl groups excluding tert-OH is 1. The maximum absolute atomic E-state index is 12.4. The lowest BCUT2D eigenvalue weighted by Crippen LogP contribution is -2.25. The molecule has 3 heterocycles. The molecule has 0 saturated heterocycles. The molecule has 3 rings (SSSR count). The number of hydrogen-bond acceptors (Lipinski definition) is 6. The quantitative estimate of drug-likeness (QED) is 0.698. The fourth-order valence-corrected chi connectivity index (χ4v) is 2.20. The SMILES string of the molecule is Cc1noc2nc(-c3ccco3)cc(C(=O)NCCCO)c12. The molecule has 22 heavy (non-hydrogen) atoms.